The quantitative estimate of drug-likeness (QED) is 0.488. The van der Waals surface area contributed by atoms with Gasteiger partial charge < -0.3 is 4.98 Å². The molecule has 4 rings (SSSR count). The van der Waals surface area contributed by atoms with Crippen LogP contribution >= 0.6 is 11.6 Å². The zero-order valence-electron chi connectivity index (χ0n) is 14.9. The van der Waals surface area contributed by atoms with E-state index < -0.39 is 15.8 Å². The fraction of sp³-hybridized carbons (Fsp3) is 0. The molecular weight excluding hydrogens is 413 g/mol. The van der Waals surface area contributed by atoms with E-state index in [2.05, 4.69) is 9.97 Å². The van der Waals surface area contributed by atoms with Gasteiger partial charge in [-0.25, -0.2) is 22.9 Å². The zero-order valence-corrected chi connectivity index (χ0v) is 16.5. The smallest absolute Gasteiger partial charge is 0.238 e. The third-order valence-electron chi connectivity index (χ3n) is 4.39. The Balaban J connectivity index is 1.72. The lowest BCUT2D eigenvalue weighted by Gasteiger charge is -2.07. The first kappa shape index (κ1) is 19.3. The largest absolute Gasteiger partial charge is 0.338 e. The van der Waals surface area contributed by atoms with Crippen molar-refractivity contribution >= 4 is 44.8 Å². The standard InChI is InChI=1S/C21H15ClFN3O2S/c22-15-8-5-13(17(23)12-15)7-10-21-25-18-9-6-14(11-19(18)26-21)16-3-1-2-4-20(16)29(24,27)28/h1-12H,(H,25,26)(H2,24,27,28)/b10-7+. The first-order valence-corrected chi connectivity index (χ1v) is 10.5. The third-order valence-corrected chi connectivity index (χ3v) is 5.59. The van der Waals surface area contributed by atoms with Crippen molar-refractivity contribution in [3.63, 3.8) is 0 Å². The van der Waals surface area contributed by atoms with E-state index in [9.17, 15) is 12.8 Å². The summed E-state index contributed by atoms with van der Waals surface area (Å²) in [6, 6.07) is 16.3. The Labute approximate surface area is 171 Å². The Morgan fingerprint density at radius 3 is 2.59 bits per heavy atom. The van der Waals surface area contributed by atoms with Crippen LogP contribution in [0.5, 0.6) is 0 Å². The summed E-state index contributed by atoms with van der Waals surface area (Å²) in [5.74, 6) is 0.109. The molecule has 0 unspecified atom stereocenters. The SMILES string of the molecule is NS(=O)(=O)c1ccccc1-c1ccc2nc(/C=C/c3ccc(Cl)cc3F)[nH]c2c1. The number of aromatic amines is 1. The van der Waals surface area contributed by atoms with Crippen LogP contribution in [0.25, 0.3) is 34.3 Å². The summed E-state index contributed by atoms with van der Waals surface area (Å²) < 4.78 is 37.7. The molecular formula is C21H15ClFN3O2S. The third kappa shape index (κ3) is 4.07. The molecule has 146 valence electrons. The van der Waals surface area contributed by atoms with E-state index in [1.165, 1.54) is 12.1 Å². The van der Waals surface area contributed by atoms with Gasteiger partial charge in [-0.1, -0.05) is 41.9 Å². The summed E-state index contributed by atoms with van der Waals surface area (Å²) in [6.07, 6.45) is 3.25. The van der Waals surface area contributed by atoms with E-state index >= 15 is 0 Å². The van der Waals surface area contributed by atoms with Crippen molar-refractivity contribution in [1.82, 2.24) is 9.97 Å². The highest BCUT2D eigenvalue weighted by atomic mass is 35.5. The van der Waals surface area contributed by atoms with Crippen molar-refractivity contribution in [1.29, 1.82) is 0 Å². The number of H-pyrrole nitrogens is 1. The molecule has 0 fully saturated rings. The van der Waals surface area contributed by atoms with Crippen molar-refractivity contribution in [2.24, 2.45) is 5.14 Å². The molecule has 0 saturated carbocycles. The normalized spacial score (nSPS) is 12.1. The van der Waals surface area contributed by atoms with Gasteiger partial charge in [-0.05, 0) is 48.0 Å². The van der Waals surface area contributed by atoms with Crippen molar-refractivity contribution in [2.75, 3.05) is 0 Å². The molecule has 1 heterocycles. The minimum Gasteiger partial charge on any atom is -0.338 e. The number of nitrogens with two attached hydrogens (primary N) is 1. The van der Waals surface area contributed by atoms with Crippen molar-refractivity contribution < 1.29 is 12.8 Å². The maximum absolute atomic E-state index is 13.9. The van der Waals surface area contributed by atoms with Gasteiger partial charge in [0.05, 0.1) is 15.9 Å². The number of aromatic nitrogens is 2. The average molecular weight is 428 g/mol. The molecule has 3 N–H and O–H groups in total. The summed E-state index contributed by atoms with van der Waals surface area (Å²) in [7, 11) is -3.86. The van der Waals surface area contributed by atoms with Crippen LogP contribution in [0.4, 0.5) is 4.39 Å². The lowest BCUT2D eigenvalue weighted by molar-refractivity contribution is 0.598. The molecule has 3 aromatic carbocycles. The highest BCUT2D eigenvalue weighted by molar-refractivity contribution is 7.89. The van der Waals surface area contributed by atoms with Crippen LogP contribution in [0.1, 0.15) is 11.4 Å². The van der Waals surface area contributed by atoms with Crippen LogP contribution in [-0.4, -0.2) is 18.4 Å². The number of sulfonamides is 1. The van der Waals surface area contributed by atoms with E-state index in [0.717, 1.165) is 0 Å². The van der Waals surface area contributed by atoms with E-state index in [1.54, 1.807) is 60.7 Å². The number of benzene rings is 3. The van der Waals surface area contributed by atoms with Gasteiger partial charge in [0.25, 0.3) is 0 Å². The van der Waals surface area contributed by atoms with Crippen molar-refractivity contribution in [3.8, 4) is 11.1 Å². The molecule has 0 saturated heterocycles. The Hall–Kier alpha value is -3.00. The van der Waals surface area contributed by atoms with Gasteiger partial charge in [-0.15, -0.1) is 0 Å². The average Bonchev–Trinajstić information content (AvgIpc) is 3.08. The van der Waals surface area contributed by atoms with Crippen molar-refractivity contribution in [3.05, 3.63) is 82.9 Å². The van der Waals surface area contributed by atoms with Gasteiger partial charge >= 0.3 is 0 Å². The first-order valence-electron chi connectivity index (χ1n) is 8.56. The molecule has 0 amide bonds. The minimum absolute atomic E-state index is 0.0530. The molecule has 4 aromatic rings. The van der Waals surface area contributed by atoms with Gasteiger partial charge in [-0.2, -0.15) is 0 Å². The van der Waals surface area contributed by atoms with E-state index in [1.807, 2.05) is 0 Å². The Kier molecular flexibility index (Phi) is 4.96. The molecule has 0 spiro atoms. The molecule has 0 bridgehead atoms. The molecule has 5 nitrogen and oxygen atoms in total. The summed E-state index contributed by atoms with van der Waals surface area (Å²) in [5, 5.41) is 5.66. The topological polar surface area (TPSA) is 88.8 Å². The molecule has 1 aromatic heterocycles. The summed E-state index contributed by atoms with van der Waals surface area (Å²) in [5.41, 5.74) is 2.98. The molecule has 0 aliphatic carbocycles. The minimum atomic E-state index is -3.86. The molecule has 0 aliphatic heterocycles. The number of nitrogens with zero attached hydrogens (tertiary/aromatic N) is 1. The van der Waals surface area contributed by atoms with Crippen LogP contribution in [0.2, 0.25) is 5.02 Å². The maximum atomic E-state index is 13.9. The first-order chi connectivity index (χ1) is 13.8. The fourth-order valence-electron chi connectivity index (χ4n) is 3.03. The second-order valence-electron chi connectivity index (χ2n) is 6.39. The van der Waals surface area contributed by atoms with Gasteiger partial charge in [0, 0.05) is 16.1 Å². The molecule has 0 aliphatic rings. The zero-order chi connectivity index (χ0) is 20.6. The molecule has 0 radical (unpaired) electrons. The van der Waals surface area contributed by atoms with E-state index in [4.69, 9.17) is 16.7 Å². The number of hydrogen-bond donors (Lipinski definition) is 2. The lowest BCUT2D eigenvalue weighted by atomic mass is 10.1. The molecule has 0 atom stereocenters. The second kappa shape index (κ2) is 7.44. The number of fused-ring (bicyclic) bond motifs is 1. The number of hydrogen-bond acceptors (Lipinski definition) is 3. The number of primary sulfonamides is 1. The lowest BCUT2D eigenvalue weighted by Crippen LogP contribution is -2.13. The van der Waals surface area contributed by atoms with E-state index in [-0.39, 0.29) is 4.90 Å². The van der Waals surface area contributed by atoms with Crippen molar-refractivity contribution in [2.45, 2.75) is 4.90 Å². The van der Waals surface area contributed by atoms with Gasteiger partial charge in [0.1, 0.15) is 11.6 Å². The van der Waals surface area contributed by atoms with Gasteiger partial charge in [0.15, 0.2) is 0 Å². The number of nitrogens with one attached hydrogen (secondary N) is 1. The summed E-state index contributed by atoms with van der Waals surface area (Å²) >= 11 is 5.76. The fourth-order valence-corrected chi connectivity index (χ4v) is 3.95. The maximum Gasteiger partial charge on any atom is 0.238 e. The Bertz CT molecular complexity index is 1360. The number of imidazole rings is 1. The second-order valence-corrected chi connectivity index (χ2v) is 8.36. The molecule has 8 heteroatoms. The summed E-state index contributed by atoms with van der Waals surface area (Å²) in [4.78, 5) is 7.64. The Morgan fingerprint density at radius 1 is 1.03 bits per heavy atom. The molecule has 29 heavy (non-hydrogen) atoms. The van der Waals surface area contributed by atoms with Crippen LogP contribution in [-0.2, 0) is 10.0 Å². The predicted octanol–water partition coefficient (Wildman–Crippen LogP) is 4.84. The monoisotopic (exact) mass is 427 g/mol. The Morgan fingerprint density at radius 2 is 1.83 bits per heavy atom. The number of rotatable bonds is 4. The van der Waals surface area contributed by atoms with Gasteiger partial charge in [0.2, 0.25) is 10.0 Å². The number of halogens is 2. The van der Waals surface area contributed by atoms with E-state index in [0.29, 0.717) is 38.6 Å². The van der Waals surface area contributed by atoms with Crippen LogP contribution in [0.15, 0.2) is 65.6 Å². The summed E-state index contributed by atoms with van der Waals surface area (Å²) in [6.45, 7) is 0. The highest BCUT2D eigenvalue weighted by Gasteiger charge is 2.15. The van der Waals surface area contributed by atoms with Crippen LogP contribution < -0.4 is 5.14 Å². The van der Waals surface area contributed by atoms with Gasteiger partial charge in [-0.3, -0.25) is 0 Å². The predicted molar refractivity (Wildman–Crippen MR) is 113 cm³/mol. The van der Waals surface area contributed by atoms with Crippen LogP contribution in [0.3, 0.4) is 0 Å². The van der Waals surface area contributed by atoms with Crippen LogP contribution in [0, 0.1) is 5.82 Å². The highest BCUT2D eigenvalue weighted by Crippen LogP contribution is 2.29.